The van der Waals surface area contributed by atoms with Gasteiger partial charge in [0.05, 0.1) is 0 Å². The maximum atomic E-state index is 13.7. The number of H-pyrrole nitrogens is 1. The van der Waals surface area contributed by atoms with Crippen molar-refractivity contribution < 1.29 is 9.18 Å². The number of likely N-dealkylation sites (tertiary alicyclic amines) is 1. The molecule has 1 saturated heterocycles. The van der Waals surface area contributed by atoms with E-state index in [0.29, 0.717) is 11.7 Å². The summed E-state index contributed by atoms with van der Waals surface area (Å²) in [5.41, 5.74) is 1.68. The molecule has 5 nitrogen and oxygen atoms in total. The van der Waals surface area contributed by atoms with Gasteiger partial charge in [0, 0.05) is 32.0 Å². The molecule has 2 aromatic rings. The fraction of sp³-hybridized carbons (Fsp3) is 0.500. The molecule has 1 N–H and O–H groups in total. The Balaban J connectivity index is 1.42. The molecule has 1 aromatic carbocycles. The number of halogens is 1. The zero-order chi connectivity index (χ0) is 18.5. The van der Waals surface area contributed by atoms with Gasteiger partial charge in [-0.2, -0.15) is 0 Å². The van der Waals surface area contributed by atoms with E-state index in [-0.39, 0.29) is 11.7 Å². The van der Waals surface area contributed by atoms with Crippen LogP contribution in [0.1, 0.15) is 34.7 Å². The van der Waals surface area contributed by atoms with E-state index < -0.39 is 0 Å². The summed E-state index contributed by atoms with van der Waals surface area (Å²) >= 11 is 0. The quantitative estimate of drug-likeness (QED) is 0.864. The molecule has 3 rings (SSSR count). The first-order chi connectivity index (χ1) is 12.5. The van der Waals surface area contributed by atoms with E-state index in [4.69, 9.17) is 0 Å². The minimum atomic E-state index is -0.115. The number of amides is 1. The number of carbonyl (C=O) groups is 1. The van der Waals surface area contributed by atoms with Gasteiger partial charge in [-0.15, -0.1) is 0 Å². The lowest BCUT2D eigenvalue weighted by Gasteiger charge is -2.33. The summed E-state index contributed by atoms with van der Waals surface area (Å²) in [5.74, 6) is 0.743. The van der Waals surface area contributed by atoms with E-state index in [1.54, 1.807) is 17.2 Å². The SMILES string of the molecule is Cc1cnc(C(=O)N(C)CC2CCN(CCc3ccccc3F)CC2)[nH]1. The number of aromatic nitrogens is 2. The highest BCUT2D eigenvalue weighted by atomic mass is 19.1. The van der Waals surface area contributed by atoms with Gasteiger partial charge < -0.3 is 14.8 Å². The minimum Gasteiger partial charge on any atom is -0.339 e. The topological polar surface area (TPSA) is 52.2 Å². The Bertz CT molecular complexity index is 737. The van der Waals surface area contributed by atoms with Crippen LogP contribution in [0.15, 0.2) is 30.5 Å². The number of hydrogen-bond donors (Lipinski definition) is 1. The average molecular weight is 358 g/mol. The number of carbonyl (C=O) groups excluding carboxylic acids is 1. The first-order valence-electron chi connectivity index (χ1n) is 9.25. The molecule has 0 unspecified atom stereocenters. The number of benzene rings is 1. The van der Waals surface area contributed by atoms with Crippen molar-refractivity contribution in [3.8, 4) is 0 Å². The summed E-state index contributed by atoms with van der Waals surface area (Å²) in [6.07, 6.45) is 4.54. The molecule has 0 bridgehead atoms. The van der Waals surface area contributed by atoms with Crippen LogP contribution in [0.4, 0.5) is 4.39 Å². The summed E-state index contributed by atoms with van der Waals surface area (Å²) in [4.78, 5) is 23.6. The molecular weight excluding hydrogens is 331 g/mol. The first kappa shape index (κ1) is 18.6. The van der Waals surface area contributed by atoms with Crippen LogP contribution < -0.4 is 0 Å². The molecule has 26 heavy (non-hydrogen) atoms. The lowest BCUT2D eigenvalue weighted by atomic mass is 9.96. The maximum Gasteiger partial charge on any atom is 0.289 e. The zero-order valence-electron chi connectivity index (χ0n) is 15.5. The van der Waals surface area contributed by atoms with Crippen LogP contribution in [0.5, 0.6) is 0 Å². The highest BCUT2D eigenvalue weighted by Gasteiger charge is 2.23. The number of imidazole rings is 1. The summed E-state index contributed by atoms with van der Waals surface area (Å²) < 4.78 is 13.7. The summed E-state index contributed by atoms with van der Waals surface area (Å²) in [6.45, 7) is 5.52. The van der Waals surface area contributed by atoms with E-state index >= 15 is 0 Å². The van der Waals surface area contributed by atoms with E-state index in [9.17, 15) is 9.18 Å². The van der Waals surface area contributed by atoms with Crippen LogP contribution in [0.2, 0.25) is 0 Å². The Morgan fingerprint density at radius 3 is 2.73 bits per heavy atom. The highest BCUT2D eigenvalue weighted by molar-refractivity contribution is 5.90. The molecule has 0 radical (unpaired) electrons. The smallest absolute Gasteiger partial charge is 0.289 e. The predicted molar refractivity (Wildman–Crippen MR) is 99.6 cm³/mol. The van der Waals surface area contributed by atoms with Crippen molar-refractivity contribution in [3.63, 3.8) is 0 Å². The van der Waals surface area contributed by atoms with Gasteiger partial charge in [-0.3, -0.25) is 4.79 Å². The minimum absolute atomic E-state index is 0.0555. The number of piperidine rings is 1. The van der Waals surface area contributed by atoms with Gasteiger partial charge in [-0.1, -0.05) is 18.2 Å². The normalized spacial score (nSPS) is 16.0. The van der Waals surface area contributed by atoms with Gasteiger partial charge in [0.25, 0.3) is 5.91 Å². The zero-order valence-corrected chi connectivity index (χ0v) is 15.5. The Labute approximate surface area is 154 Å². The third-order valence-electron chi connectivity index (χ3n) is 5.15. The van der Waals surface area contributed by atoms with Crippen LogP contribution in [0.25, 0.3) is 0 Å². The van der Waals surface area contributed by atoms with E-state index in [2.05, 4.69) is 14.9 Å². The van der Waals surface area contributed by atoms with Crippen LogP contribution in [-0.2, 0) is 6.42 Å². The van der Waals surface area contributed by atoms with Crippen molar-refractivity contribution in [2.24, 2.45) is 5.92 Å². The molecule has 1 fully saturated rings. The molecule has 1 aromatic heterocycles. The van der Waals surface area contributed by atoms with Crippen molar-refractivity contribution in [3.05, 3.63) is 53.4 Å². The molecular formula is C20H27FN4O. The second kappa shape index (κ2) is 8.45. The van der Waals surface area contributed by atoms with Crippen molar-refractivity contribution in [1.82, 2.24) is 19.8 Å². The fourth-order valence-electron chi connectivity index (χ4n) is 3.54. The lowest BCUT2D eigenvalue weighted by Crippen LogP contribution is -2.40. The Morgan fingerprint density at radius 1 is 1.35 bits per heavy atom. The van der Waals surface area contributed by atoms with Crippen LogP contribution in [-0.4, -0.2) is 58.9 Å². The number of rotatable bonds is 6. The Kier molecular flexibility index (Phi) is 6.04. The maximum absolute atomic E-state index is 13.7. The predicted octanol–water partition coefficient (Wildman–Crippen LogP) is 2.88. The van der Waals surface area contributed by atoms with Gasteiger partial charge in [0.1, 0.15) is 5.82 Å². The molecule has 1 amide bonds. The van der Waals surface area contributed by atoms with E-state index in [1.807, 2.05) is 26.1 Å². The molecule has 0 spiro atoms. The number of nitrogens with one attached hydrogen (secondary N) is 1. The molecule has 0 aliphatic carbocycles. The molecule has 1 aliphatic rings. The van der Waals surface area contributed by atoms with Gasteiger partial charge in [0.2, 0.25) is 0 Å². The van der Waals surface area contributed by atoms with Gasteiger partial charge in [0.15, 0.2) is 5.82 Å². The summed E-state index contributed by atoms with van der Waals surface area (Å²) in [6, 6.07) is 7.00. The molecule has 0 saturated carbocycles. The van der Waals surface area contributed by atoms with Crippen molar-refractivity contribution >= 4 is 5.91 Å². The number of aromatic amines is 1. The first-order valence-corrected chi connectivity index (χ1v) is 9.25. The fourth-order valence-corrected chi connectivity index (χ4v) is 3.54. The standard InChI is InChI=1S/C20H27FN4O/c1-15-13-22-19(23-15)20(26)24(2)14-16-7-10-25(11-8-16)12-9-17-5-3-4-6-18(17)21/h3-6,13,16H,7-12,14H2,1-2H3,(H,22,23). The van der Waals surface area contributed by atoms with Crippen LogP contribution in [0.3, 0.4) is 0 Å². The number of aryl methyl sites for hydroxylation is 1. The van der Waals surface area contributed by atoms with E-state index in [0.717, 1.165) is 56.7 Å². The second-order valence-electron chi connectivity index (χ2n) is 7.23. The van der Waals surface area contributed by atoms with Gasteiger partial charge >= 0.3 is 0 Å². The number of nitrogens with zero attached hydrogens (tertiary/aromatic N) is 3. The number of hydrogen-bond acceptors (Lipinski definition) is 3. The molecule has 2 heterocycles. The largest absolute Gasteiger partial charge is 0.339 e. The third kappa shape index (κ3) is 4.69. The molecule has 6 heteroatoms. The average Bonchev–Trinajstić information content (AvgIpc) is 3.08. The molecule has 0 atom stereocenters. The van der Waals surface area contributed by atoms with Crippen molar-refractivity contribution in [2.45, 2.75) is 26.2 Å². The van der Waals surface area contributed by atoms with Gasteiger partial charge in [-0.25, -0.2) is 9.37 Å². The lowest BCUT2D eigenvalue weighted by molar-refractivity contribution is 0.0729. The van der Waals surface area contributed by atoms with E-state index in [1.165, 1.54) is 6.07 Å². The monoisotopic (exact) mass is 358 g/mol. The summed E-state index contributed by atoms with van der Waals surface area (Å²) in [7, 11) is 1.84. The summed E-state index contributed by atoms with van der Waals surface area (Å²) in [5, 5.41) is 0. The van der Waals surface area contributed by atoms with Crippen molar-refractivity contribution in [1.29, 1.82) is 0 Å². The van der Waals surface area contributed by atoms with Crippen molar-refractivity contribution in [2.75, 3.05) is 33.2 Å². The molecule has 1 aliphatic heterocycles. The van der Waals surface area contributed by atoms with Gasteiger partial charge in [-0.05, 0) is 56.8 Å². The Hall–Kier alpha value is -2.21. The Morgan fingerprint density at radius 2 is 2.08 bits per heavy atom. The van der Waals surface area contributed by atoms with Crippen LogP contribution in [0, 0.1) is 18.7 Å². The van der Waals surface area contributed by atoms with Crippen LogP contribution >= 0.6 is 0 Å². The highest BCUT2D eigenvalue weighted by Crippen LogP contribution is 2.19. The molecule has 140 valence electrons. The third-order valence-corrected chi connectivity index (χ3v) is 5.15. The second-order valence-corrected chi connectivity index (χ2v) is 7.23.